The molecular formula is C10H13F3N2O8. The Morgan fingerprint density at radius 2 is 1.61 bits per heavy atom. The van der Waals surface area contributed by atoms with Gasteiger partial charge in [-0.3, -0.25) is 0 Å². The molecule has 1 aliphatic heterocycles. The molecule has 0 radical (unpaired) electrons. The van der Waals surface area contributed by atoms with E-state index < -0.39 is 42.9 Å². The lowest BCUT2D eigenvalue weighted by atomic mass is 9.99. The minimum atomic E-state index is -5.08. The Hall–Kier alpha value is -1.80. The molecule has 132 valence electrons. The predicted molar refractivity (Wildman–Crippen MR) is 60.6 cm³/mol. The van der Waals surface area contributed by atoms with Crippen LogP contribution in [-0.2, 0) is 9.53 Å². The van der Waals surface area contributed by atoms with Crippen molar-refractivity contribution in [3.05, 3.63) is 11.8 Å². The first kappa shape index (κ1) is 19.2. The average Bonchev–Trinajstić information content (AvgIpc) is 2.86. The number of carboxylic acids is 1. The summed E-state index contributed by atoms with van der Waals surface area (Å²) in [4.78, 5) is 8.90. The molecule has 0 amide bonds. The first-order valence-electron chi connectivity index (χ1n) is 5.93. The molecule has 13 heteroatoms. The molecule has 1 saturated heterocycles. The number of rotatable bonds is 1. The molecule has 23 heavy (non-hydrogen) atoms. The summed E-state index contributed by atoms with van der Waals surface area (Å²) >= 11 is 0. The topological polar surface area (TPSA) is 166 Å². The van der Waals surface area contributed by atoms with E-state index in [4.69, 9.17) is 19.1 Å². The maximum absolute atomic E-state index is 10.6. The van der Waals surface area contributed by atoms with Crippen molar-refractivity contribution in [3.63, 3.8) is 0 Å². The fourth-order valence-electron chi connectivity index (χ4n) is 1.49. The molecule has 0 saturated carbocycles. The van der Waals surface area contributed by atoms with E-state index in [0.29, 0.717) is 0 Å². The molecule has 5 N–H and O–H groups in total. The smallest absolute Gasteiger partial charge is 0.475 e. The average molecular weight is 346 g/mol. The van der Waals surface area contributed by atoms with Gasteiger partial charge in [-0.15, -0.1) is 10.2 Å². The van der Waals surface area contributed by atoms with E-state index in [-0.39, 0.29) is 11.8 Å². The summed E-state index contributed by atoms with van der Waals surface area (Å²) < 4.78 is 41.6. The van der Waals surface area contributed by atoms with Crippen LogP contribution in [0.3, 0.4) is 0 Å². The standard InChI is InChI=1S/C8H12N2O6.C2HF3O2/c1-2-9-10-7(15-2)6-4(12)3(11)5(13)8(14)16-6;3-2(4,5)1(6)7/h3-6,8,11-14H,1H3;(H,6,7)/t3-,4-,5+,6?,8-;/m0./s1. The molecule has 2 heterocycles. The number of aliphatic carboxylic acids is 1. The summed E-state index contributed by atoms with van der Waals surface area (Å²) in [5, 5.41) is 51.8. The number of aryl methyl sites for hydroxylation is 1. The van der Waals surface area contributed by atoms with E-state index in [1.165, 1.54) is 0 Å². The molecule has 0 aromatic carbocycles. The number of carbonyl (C=O) groups is 1. The Balaban J connectivity index is 0.000000322. The summed E-state index contributed by atoms with van der Waals surface area (Å²) in [5.74, 6) is -2.55. The first-order valence-corrected chi connectivity index (χ1v) is 5.93. The summed E-state index contributed by atoms with van der Waals surface area (Å²) in [6.07, 6.45) is -12.4. The third-order valence-electron chi connectivity index (χ3n) is 2.62. The molecule has 1 aromatic rings. The van der Waals surface area contributed by atoms with E-state index in [0.717, 1.165) is 0 Å². The molecule has 1 aliphatic rings. The van der Waals surface area contributed by atoms with Crippen LogP contribution in [0.4, 0.5) is 13.2 Å². The van der Waals surface area contributed by atoms with Crippen LogP contribution in [-0.4, -0.2) is 72.5 Å². The lowest BCUT2D eigenvalue weighted by Crippen LogP contribution is -2.54. The second kappa shape index (κ2) is 7.18. The zero-order valence-corrected chi connectivity index (χ0v) is 11.4. The minimum absolute atomic E-state index is 0.0602. The highest BCUT2D eigenvalue weighted by Crippen LogP contribution is 2.30. The lowest BCUT2D eigenvalue weighted by Gasteiger charge is -2.36. The fraction of sp³-hybridized carbons (Fsp3) is 0.700. The van der Waals surface area contributed by atoms with Crippen molar-refractivity contribution in [2.45, 2.75) is 43.8 Å². The number of hydrogen-bond acceptors (Lipinski definition) is 9. The number of aromatic nitrogens is 2. The highest BCUT2D eigenvalue weighted by Gasteiger charge is 2.45. The Morgan fingerprint density at radius 1 is 1.09 bits per heavy atom. The Labute approximate surface area is 125 Å². The maximum Gasteiger partial charge on any atom is 0.490 e. The molecule has 5 atom stereocenters. The van der Waals surface area contributed by atoms with Crippen molar-refractivity contribution in [1.29, 1.82) is 0 Å². The van der Waals surface area contributed by atoms with Gasteiger partial charge < -0.3 is 34.7 Å². The van der Waals surface area contributed by atoms with Crippen LogP contribution >= 0.6 is 0 Å². The van der Waals surface area contributed by atoms with E-state index in [2.05, 4.69) is 10.2 Å². The number of nitrogens with zero attached hydrogens (tertiary/aromatic N) is 2. The monoisotopic (exact) mass is 346 g/mol. The van der Waals surface area contributed by atoms with Gasteiger partial charge in [0.15, 0.2) is 12.4 Å². The normalized spacial score (nSPS) is 31.2. The van der Waals surface area contributed by atoms with Gasteiger partial charge in [0.2, 0.25) is 11.8 Å². The molecule has 0 bridgehead atoms. The summed E-state index contributed by atoms with van der Waals surface area (Å²) in [6.45, 7) is 1.55. The van der Waals surface area contributed by atoms with Crippen LogP contribution < -0.4 is 0 Å². The van der Waals surface area contributed by atoms with Gasteiger partial charge in [-0.2, -0.15) is 13.2 Å². The number of carboxylic acid groups (broad SMARTS) is 1. The second-order valence-electron chi connectivity index (χ2n) is 4.38. The van der Waals surface area contributed by atoms with E-state index in [1.807, 2.05) is 0 Å². The Bertz CT molecular complexity index is 536. The van der Waals surface area contributed by atoms with Gasteiger partial charge in [-0.05, 0) is 0 Å². The largest absolute Gasteiger partial charge is 0.490 e. The third kappa shape index (κ3) is 4.84. The van der Waals surface area contributed by atoms with Gasteiger partial charge in [0, 0.05) is 6.92 Å². The molecule has 1 aromatic heterocycles. The van der Waals surface area contributed by atoms with Gasteiger partial charge in [0.05, 0.1) is 0 Å². The number of aliphatic hydroxyl groups excluding tert-OH is 4. The van der Waals surface area contributed by atoms with Crippen LogP contribution in [0.25, 0.3) is 0 Å². The van der Waals surface area contributed by atoms with Crippen molar-refractivity contribution < 1.29 is 52.7 Å². The quantitative estimate of drug-likeness (QED) is 0.403. The van der Waals surface area contributed by atoms with Crippen LogP contribution in [0, 0.1) is 6.92 Å². The summed E-state index contributed by atoms with van der Waals surface area (Å²) in [6, 6.07) is 0. The van der Waals surface area contributed by atoms with Crippen molar-refractivity contribution in [2.24, 2.45) is 0 Å². The molecule has 2 rings (SSSR count). The van der Waals surface area contributed by atoms with Gasteiger partial charge in [-0.25, -0.2) is 4.79 Å². The maximum atomic E-state index is 10.6. The van der Waals surface area contributed by atoms with E-state index in [1.54, 1.807) is 6.92 Å². The highest BCUT2D eigenvalue weighted by molar-refractivity contribution is 5.73. The Kier molecular flexibility index (Phi) is 6.01. The molecular weight excluding hydrogens is 333 g/mol. The van der Waals surface area contributed by atoms with E-state index in [9.17, 15) is 33.6 Å². The number of hydrogen-bond donors (Lipinski definition) is 5. The van der Waals surface area contributed by atoms with Crippen LogP contribution in [0.1, 0.15) is 17.9 Å². The SMILES string of the molecule is Cc1nnc(C2O[C@H](O)[C@H](O)[C@@H](O)[C@@H]2O)o1.O=C(O)C(F)(F)F. The van der Waals surface area contributed by atoms with Crippen LogP contribution in [0.5, 0.6) is 0 Å². The first-order chi connectivity index (χ1) is 10.4. The molecule has 1 unspecified atom stereocenters. The summed E-state index contributed by atoms with van der Waals surface area (Å²) in [7, 11) is 0. The van der Waals surface area contributed by atoms with Gasteiger partial charge in [0.25, 0.3) is 0 Å². The highest BCUT2D eigenvalue weighted by atomic mass is 19.4. The van der Waals surface area contributed by atoms with Crippen LogP contribution in [0.15, 0.2) is 4.42 Å². The molecule has 1 fully saturated rings. The van der Waals surface area contributed by atoms with E-state index >= 15 is 0 Å². The molecule has 0 spiro atoms. The third-order valence-corrected chi connectivity index (χ3v) is 2.62. The molecule has 0 aliphatic carbocycles. The zero-order valence-electron chi connectivity index (χ0n) is 11.4. The van der Waals surface area contributed by atoms with Gasteiger partial charge in [0.1, 0.15) is 18.3 Å². The molecule has 10 nitrogen and oxygen atoms in total. The van der Waals surface area contributed by atoms with Crippen molar-refractivity contribution in [3.8, 4) is 0 Å². The van der Waals surface area contributed by atoms with Crippen LogP contribution in [0.2, 0.25) is 0 Å². The number of aliphatic hydroxyl groups is 4. The predicted octanol–water partition coefficient (Wildman–Crippen LogP) is -1.52. The number of ether oxygens (including phenoxy) is 1. The second-order valence-corrected chi connectivity index (χ2v) is 4.38. The number of alkyl halides is 3. The fourth-order valence-corrected chi connectivity index (χ4v) is 1.49. The Morgan fingerprint density at radius 3 is 2.00 bits per heavy atom. The summed E-state index contributed by atoms with van der Waals surface area (Å²) in [5.41, 5.74) is 0. The van der Waals surface area contributed by atoms with Crippen molar-refractivity contribution in [2.75, 3.05) is 0 Å². The lowest BCUT2D eigenvalue weighted by molar-refractivity contribution is -0.288. The van der Waals surface area contributed by atoms with Gasteiger partial charge >= 0.3 is 12.1 Å². The number of halogens is 3. The zero-order chi connectivity index (χ0) is 17.9. The van der Waals surface area contributed by atoms with Crippen molar-refractivity contribution >= 4 is 5.97 Å². The van der Waals surface area contributed by atoms with Gasteiger partial charge in [-0.1, -0.05) is 0 Å². The van der Waals surface area contributed by atoms with Crippen molar-refractivity contribution in [1.82, 2.24) is 10.2 Å². The minimum Gasteiger partial charge on any atom is -0.475 e.